The second-order valence-corrected chi connectivity index (χ2v) is 2.43. The van der Waals surface area contributed by atoms with Crippen LogP contribution in [-0.4, -0.2) is 15.3 Å². The van der Waals surface area contributed by atoms with Gasteiger partial charge in [-0.05, 0) is 12.1 Å². The molecule has 2 aromatic rings. The van der Waals surface area contributed by atoms with Crippen molar-refractivity contribution in [2.24, 2.45) is 0 Å². The molecule has 2 rings (SSSR count). The lowest BCUT2D eigenvalue weighted by molar-refractivity contribution is -0.669. The zero-order valence-corrected chi connectivity index (χ0v) is 6.66. The molecule has 0 fully saturated rings. The highest BCUT2D eigenvalue weighted by Gasteiger charge is 2.00. The lowest BCUT2D eigenvalue weighted by atomic mass is 10.2. The van der Waals surface area contributed by atoms with Crippen LogP contribution in [-0.2, 0) is 0 Å². The van der Waals surface area contributed by atoms with Crippen molar-refractivity contribution in [2.75, 3.05) is 0 Å². The normalized spacial score (nSPS) is 9.85. The predicted molar refractivity (Wildman–Crippen MR) is 44.2 cm³/mol. The average molecular weight is 174 g/mol. The smallest absolute Gasteiger partial charge is 0.210 e. The molecule has 5 heteroatoms. The third kappa shape index (κ3) is 1.58. The van der Waals surface area contributed by atoms with Crippen molar-refractivity contribution in [1.82, 2.24) is 15.3 Å². The van der Waals surface area contributed by atoms with Gasteiger partial charge in [0.25, 0.3) is 0 Å². The van der Waals surface area contributed by atoms with E-state index in [0.717, 1.165) is 5.56 Å². The summed E-state index contributed by atoms with van der Waals surface area (Å²) in [5, 5.41) is 21.8. The maximum Gasteiger partial charge on any atom is 0.210 e. The Kier molecular flexibility index (Phi) is 1.84. The largest absolute Gasteiger partial charge is 0.594 e. The van der Waals surface area contributed by atoms with E-state index in [4.69, 9.17) is 0 Å². The van der Waals surface area contributed by atoms with E-state index in [1.54, 1.807) is 24.4 Å². The minimum Gasteiger partial charge on any atom is -0.594 e. The van der Waals surface area contributed by atoms with Crippen molar-refractivity contribution in [3.63, 3.8) is 0 Å². The van der Waals surface area contributed by atoms with Gasteiger partial charge in [-0.25, -0.2) is 0 Å². The van der Waals surface area contributed by atoms with Crippen molar-refractivity contribution >= 4 is 0 Å². The zero-order chi connectivity index (χ0) is 9.10. The molecule has 0 aliphatic heterocycles. The van der Waals surface area contributed by atoms with Crippen molar-refractivity contribution in [2.45, 2.75) is 0 Å². The molecule has 5 nitrogen and oxygen atoms in total. The first-order chi connectivity index (χ1) is 6.36. The van der Waals surface area contributed by atoms with Gasteiger partial charge in [-0.3, -0.25) is 0 Å². The maximum absolute atomic E-state index is 10.6. The predicted octanol–water partition coefficient (Wildman–Crippen LogP) is 0.172. The molecule has 0 amide bonds. The first-order valence-corrected chi connectivity index (χ1v) is 3.70. The highest BCUT2D eigenvalue weighted by atomic mass is 16.5. The third-order valence-electron chi connectivity index (χ3n) is 1.56. The van der Waals surface area contributed by atoms with E-state index in [1.165, 1.54) is 12.4 Å². The van der Waals surface area contributed by atoms with E-state index in [-0.39, 0.29) is 0 Å². The molecule has 0 aromatic carbocycles. The van der Waals surface area contributed by atoms with E-state index < -0.39 is 0 Å². The molecule has 0 spiro atoms. The third-order valence-corrected chi connectivity index (χ3v) is 1.56. The highest BCUT2D eigenvalue weighted by Crippen LogP contribution is 2.11. The summed E-state index contributed by atoms with van der Waals surface area (Å²) in [4.78, 5) is 0.486. The summed E-state index contributed by atoms with van der Waals surface area (Å²) in [6.07, 6.45) is 4.37. The lowest BCUT2D eigenvalue weighted by Gasteiger charge is -1.96. The molecule has 0 N–H and O–H groups in total. The molecule has 0 aliphatic rings. The highest BCUT2D eigenvalue weighted by molar-refractivity contribution is 5.55. The minimum atomic E-state index is 0.486. The topological polar surface area (TPSA) is 65.6 Å². The van der Waals surface area contributed by atoms with Crippen LogP contribution in [0.3, 0.4) is 0 Å². The van der Waals surface area contributed by atoms with E-state index in [2.05, 4.69) is 15.3 Å². The van der Waals surface area contributed by atoms with Gasteiger partial charge in [0.05, 0.1) is 5.69 Å². The van der Waals surface area contributed by atoms with Gasteiger partial charge in [0, 0.05) is 22.9 Å². The van der Waals surface area contributed by atoms with Gasteiger partial charge in [0.2, 0.25) is 6.20 Å². The van der Waals surface area contributed by atoms with E-state index in [9.17, 15) is 5.21 Å². The van der Waals surface area contributed by atoms with Crippen LogP contribution < -0.4 is 4.85 Å². The SMILES string of the molecule is [O-][n+]1ccc(-c2cccnn2)cn1. The van der Waals surface area contributed by atoms with Gasteiger partial charge in [0.1, 0.15) is 6.20 Å². The molecule has 0 radical (unpaired) electrons. The van der Waals surface area contributed by atoms with Crippen LogP contribution in [0.2, 0.25) is 0 Å². The minimum absolute atomic E-state index is 0.486. The van der Waals surface area contributed by atoms with E-state index in [1.807, 2.05) is 0 Å². The van der Waals surface area contributed by atoms with Gasteiger partial charge in [-0.1, -0.05) is 4.85 Å². The summed E-state index contributed by atoms with van der Waals surface area (Å²) in [5.74, 6) is 0. The van der Waals surface area contributed by atoms with Gasteiger partial charge in [-0.15, -0.1) is 0 Å². The Morgan fingerprint density at radius 2 is 2.23 bits per heavy atom. The second kappa shape index (κ2) is 3.14. The molecule has 0 unspecified atom stereocenters. The van der Waals surface area contributed by atoms with Gasteiger partial charge in [-0.2, -0.15) is 10.2 Å². The second-order valence-electron chi connectivity index (χ2n) is 2.43. The lowest BCUT2D eigenvalue weighted by Crippen LogP contribution is -2.29. The Morgan fingerprint density at radius 3 is 2.85 bits per heavy atom. The molecule has 13 heavy (non-hydrogen) atoms. The Morgan fingerprint density at radius 1 is 1.31 bits per heavy atom. The van der Waals surface area contributed by atoms with Crippen molar-refractivity contribution < 1.29 is 4.85 Å². The standard InChI is InChI=1S/C8H6N4O/c13-12-5-3-7(6-10-12)8-2-1-4-9-11-8/h1-6H. The molecule has 0 bridgehead atoms. The summed E-state index contributed by atoms with van der Waals surface area (Å²) in [5.41, 5.74) is 1.48. The molecule has 0 saturated heterocycles. The fourth-order valence-electron chi connectivity index (χ4n) is 0.952. The molecule has 2 aromatic heterocycles. The molecule has 0 atom stereocenters. The van der Waals surface area contributed by atoms with E-state index in [0.29, 0.717) is 10.5 Å². The van der Waals surface area contributed by atoms with Crippen LogP contribution in [0.5, 0.6) is 0 Å². The van der Waals surface area contributed by atoms with Crippen LogP contribution in [0.4, 0.5) is 0 Å². The van der Waals surface area contributed by atoms with Crippen LogP contribution in [0.1, 0.15) is 0 Å². The summed E-state index contributed by atoms with van der Waals surface area (Å²) < 4.78 is 0. The van der Waals surface area contributed by atoms with Crippen molar-refractivity contribution in [3.05, 3.63) is 42.0 Å². The molecular formula is C8H6N4O. The Balaban J connectivity index is 2.42. The van der Waals surface area contributed by atoms with Crippen LogP contribution in [0, 0.1) is 5.21 Å². The average Bonchev–Trinajstić information content (AvgIpc) is 2.20. The Hall–Kier alpha value is -2.04. The Bertz CT molecular complexity index is 387. The molecule has 0 aliphatic carbocycles. The van der Waals surface area contributed by atoms with E-state index >= 15 is 0 Å². The summed E-state index contributed by atoms with van der Waals surface area (Å²) >= 11 is 0. The molecule has 0 saturated carbocycles. The summed E-state index contributed by atoms with van der Waals surface area (Å²) in [6.45, 7) is 0. The quantitative estimate of drug-likeness (QED) is 0.456. The maximum atomic E-state index is 10.6. The van der Waals surface area contributed by atoms with Crippen molar-refractivity contribution in [3.8, 4) is 11.3 Å². The summed E-state index contributed by atoms with van der Waals surface area (Å²) in [6, 6.07) is 5.23. The number of nitrogens with zero attached hydrogens (tertiary/aromatic N) is 4. The van der Waals surface area contributed by atoms with Crippen LogP contribution in [0.25, 0.3) is 11.3 Å². The molecular weight excluding hydrogens is 168 g/mol. The van der Waals surface area contributed by atoms with Crippen LogP contribution in [0.15, 0.2) is 36.8 Å². The van der Waals surface area contributed by atoms with Gasteiger partial charge < -0.3 is 5.21 Å². The monoisotopic (exact) mass is 174 g/mol. The molecule has 2 heterocycles. The number of aromatic nitrogens is 4. The fraction of sp³-hybridized carbons (Fsp3) is 0. The van der Waals surface area contributed by atoms with Gasteiger partial charge >= 0.3 is 0 Å². The Labute approximate surface area is 74.3 Å². The van der Waals surface area contributed by atoms with Gasteiger partial charge in [0.15, 0.2) is 0 Å². The number of hydrogen-bond acceptors (Lipinski definition) is 4. The van der Waals surface area contributed by atoms with Crippen LogP contribution >= 0.6 is 0 Å². The first kappa shape index (κ1) is 7.60. The molecule has 64 valence electrons. The van der Waals surface area contributed by atoms with Crippen molar-refractivity contribution in [1.29, 1.82) is 0 Å². The number of hydrogen-bond donors (Lipinski definition) is 0. The summed E-state index contributed by atoms with van der Waals surface area (Å²) in [7, 11) is 0. The fourth-order valence-corrected chi connectivity index (χ4v) is 0.952. The first-order valence-electron chi connectivity index (χ1n) is 3.70. The number of rotatable bonds is 1. The zero-order valence-electron chi connectivity index (χ0n) is 6.66.